The molecule has 62 valence electrons. The van der Waals surface area contributed by atoms with Gasteiger partial charge in [0.15, 0.2) is 0 Å². The maximum Gasteiger partial charge on any atom is 0.0766 e. The molecule has 0 aromatic heterocycles. The van der Waals surface area contributed by atoms with Gasteiger partial charge in [-0.25, -0.2) is 0 Å². The van der Waals surface area contributed by atoms with E-state index in [4.69, 9.17) is 11.6 Å². The normalized spacial score (nSPS) is 8.50. The molecular weight excluding hydrogens is 170 g/mol. The monoisotopic (exact) mass is 179 g/mol. The molecule has 1 N–H and O–H groups in total. The number of benzene rings is 1. The van der Waals surface area contributed by atoms with E-state index in [1.54, 1.807) is 0 Å². The summed E-state index contributed by atoms with van der Waals surface area (Å²) in [6.45, 7) is 2.45. The molecule has 2 heteroatoms. The molecule has 0 spiro atoms. The minimum absolute atomic E-state index is 0.639. The van der Waals surface area contributed by atoms with Crippen LogP contribution in [0.1, 0.15) is 6.92 Å². The van der Waals surface area contributed by atoms with E-state index in [-0.39, 0.29) is 0 Å². The van der Waals surface area contributed by atoms with Crippen molar-refractivity contribution < 1.29 is 0 Å². The first-order chi connectivity index (χ1) is 5.84. The summed E-state index contributed by atoms with van der Waals surface area (Å²) in [5.74, 6) is 5.71. The zero-order chi connectivity index (χ0) is 8.81. The predicted octanol–water partition coefficient (Wildman–Crippen LogP) is 2.78. The van der Waals surface area contributed by atoms with Crippen molar-refractivity contribution in [3.8, 4) is 11.8 Å². The standard InChI is InChI=1S/C10H10ClN/c1-2-3-8-12-10-7-5-4-6-9(10)11/h4-7,12H,8H2,1H3. The zero-order valence-electron chi connectivity index (χ0n) is 6.89. The maximum atomic E-state index is 5.89. The lowest BCUT2D eigenvalue weighted by Crippen LogP contribution is -1.98. The topological polar surface area (TPSA) is 12.0 Å². The van der Waals surface area contributed by atoms with Gasteiger partial charge in [0.25, 0.3) is 0 Å². The van der Waals surface area contributed by atoms with Crippen molar-refractivity contribution in [3.63, 3.8) is 0 Å². The van der Waals surface area contributed by atoms with E-state index in [9.17, 15) is 0 Å². The van der Waals surface area contributed by atoms with Crippen LogP contribution in [0.25, 0.3) is 0 Å². The number of nitrogens with one attached hydrogen (secondary N) is 1. The molecule has 1 aromatic carbocycles. The summed E-state index contributed by atoms with van der Waals surface area (Å²) in [6, 6.07) is 7.62. The van der Waals surface area contributed by atoms with E-state index < -0.39 is 0 Å². The third kappa shape index (κ3) is 2.48. The van der Waals surface area contributed by atoms with Crippen LogP contribution in [-0.2, 0) is 0 Å². The summed E-state index contributed by atoms with van der Waals surface area (Å²) in [7, 11) is 0. The molecule has 0 saturated carbocycles. The Morgan fingerprint density at radius 3 is 2.83 bits per heavy atom. The second-order valence-corrected chi connectivity index (χ2v) is 2.67. The smallest absolute Gasteiger partial charge is 0.0766 e. The van der Waals surface area contributed by atoms with Crippen molar-refractivity contribution in [2.45, 2.75) is 6.92 Å². The van der Waals surface area contributed by atoms with Crippen molar-refractivity contribution in [2.75, 3.05) is 11.9 Å². The lowest BCUT2D eigenvalue weighted by Gasteiger charge is -2.03. The van der Waals surface area contributed by atoms with Crippen LogP contribution < -0.4 is 5.32 Å². The Morgan fingerprint density at radius 2 is 2.17 bits per heavy atom. The van der Waals surface area contributed by atoms with Gasteiger partial charge in [-0.1, -0.05) is 29.7 Å². The van der Waals surface area contributed by atoms with Crippen LogP contribution in [0.15, 0.2) is 24.3 Å². The summed E-state index contributed by atoms with van der Waals surface area (Å²) in [5.41, 5.74) is 0.932. The first-order valence-corrected chi connectivity index (χ1v) is 4.10. The maximum absolute atomic E-state index is 5.89. The summed E-state index contributed by atoms with van der Waals surface area (Å²) in [6.07, 6.45) is 0. The second-order valence-electron chi connectivity index (χ2n) is 2.26. The minimum Gasteiger partial charge on any atom is -0.373 e. The van der Waals surface area contributed by atoms with Gasteiger partial charge in [0.05, 0.1) is 17.3 Å². The fourth-order valence-electron chi connectivity index (χ4n) is 0.832. The first kappa shape index (κ1) is 8.96. The van der Waals surface area contributed by atoms with Gasteiger partial charge in [-0.3, -0.25) is 0 Å². The predicted molar refractivity (Wildman–Crippen MR) is 53.4 cm³/mol. The third-order valence-corrected chi connectivity index (χ3v) is 1.75. The van der Waals surface area contributed by atoms with Crippen molar-refractivity contribution in [2.24, 2.45) is 0 Å². The molecular formula is C10H10ClN. The highest BCUT2D eigenvalue weighted by atomic mass is 35.5. The van der Waals surface area contributed by atoms with Gasteiger partial charge >= 0.3 is 0 Å². The van der Waals surface area contributed by atoms with Gasteiger partial charge in [0, 0.05) is 0 Å². The molecule has 0 atom stereocenters. The highest BCUT2D eigenvalue weighted by molar-refractivity contribution is 6.33. The van der Waals surface area contributed by atoms with Gasteiger partial charge in [0.2, 0.25) is 0 Å². The Balaban J connectivity index is 2.61. The SMILES string of the molecule is CC#CCNc1ccccc1Cl. The molecule has 0 amide bonds. The lowest BCUT2D eigenvalue weighted by atomic mass is 10.3. The van der Waals surface area contributed by atoms with E-state index in [2.05, 4.69) is 17.2 Å². The number of para-hydroxylation sites is 1. The van der Waals surface area contributed by atoms with Crippen molar-refractivity contribution in [1.82, 2.24) is 0 Å². The largest absolute Gasteiger partial charge is 0.373 e. The fraction of sp³-hybridized carbons (Fsp3) is 0.200. The number of rotatable bonds is 2. The van der Waals surface area contributed by atoms with Gasteiger partial charge in [0.1, 0.15) is 0 Å². The Morgan fingerprint density at radius 1 is 1.42 bits per heavy atom. The quantitative estimate of drug-likeness (QED) is 0.689. The number of halogens is 1. The van der Waals surface area contributed by atoms with Crippen LogP contribution in [0.3, 0.4) is 0 Å². The molecule has 12 heavy (non-hydrogen) atoms. The highest BCUT2D eigenvalue weighted by Gasteiger charge is 1.94. The fourth-order valence-corrected chi connectivity index (χ4v) is 1.03. The van der Waals surface area contributed by atoms with E-state index in [0.29, 0.717) is 6.54 Å². The molecule has 0 aliphatic rings. The minimum atomic E-state index is 0.639. The highest BCUT2D eigenvalue weighted by Crippen LogP contribution is 2.19. The molecule has 0 bridgehead atoms. The van der Waals surface area contributed by atoms with E-state index >= 15 is 0 Å². The zero-order valence-corrected chi connectivity index (χ0v) is 7.65. The van der Waals surface area contributed by atoms with Crippen molar-refractivity contribution in [1.29, 1.82) is 0 Å². The Kier molecular flexibility index (Phi) is 3.50. The van der Waals surface area contributed by atoms with Crippen molar-refractivity contribution >= 4 is 17.3 Å². The Bertz CT molecular complexity index is 309. The number of hydrogen-bond acceptors (Lipinski definition) is 1. The first-order valence-electron chi connectivity index (χ1n) is 3.72. The molecule has 0 saturated heterocycles. The van der Waals surface area contributed by atoms with Gasteiger partial charge in [-0.15, -0.1) is 5.92 Å². The average Bonchev–Trinajstić information content (AvgIpc) is 2.09. The van der Waals surface area contributed by atoms with E-state index in [0.717, 1.165) is 10.7 Å². The van der Waals surface area contributed by atoms with Crippen LogP contribution in [0, 0.1) is 11.8 Å². The number of anilines is 1. The van der Waals surface area contributed by atoms with Crippen LogP contribution >= 0.6 is 11.6 Å². The Hall–Kier alpha value is -1.13. The summed E-state index contributed by atoms with van der Waals surface area (Å²) < 4.78 is 0. The summed E-state index contributed by atoms with van der Waals surface area (Å²) in [5, 5.41) is 3.84. The van der Waals surface area contributed by atoms with E-state index in [1.165, 1.54) is 0 Å². The third-order valence-electron chi connectivity index (χ3n) is 1.42. The molecule has 0 radical (unpaired) electrons. The molecule has 0 heterocycles. The molecule has 1 rings (SSSR count). The Labute approximate surface area is 77.7 Å². The van der Waals surface area contributed by atoms with Crippen LogP contribution in [0.4, 0.5) is 5.69 Å². The van der Waals surface area contributed by atoms with Crippen LogP contribution in [0.2, 0.25) is 5.02 Å². The molecule has 1 nitrogen and oxygen atoms in total. The molecule has 0 unspecified atom stereocenters. The van der Waals surface area contributed by atoms with Gasteiger partial charge in [-0.05, 0) is 19.1 Å². The molecule has 0 fully saturated rings. The van der Waals surface area contributed by atoms with E-state index in [1.807, 2.05) is 31.2 Å². The number of hydrogen-bond donors (Lipinski definition) is 1. The lowest BCUT2D eigenvalue weighted by molar-refractivity contribution is 1.38. The average molecular weight is 180 g/mol. The molecule has 0 aliphatic carbocycles. The van der Waals surface area contributed by atoms with Crippen LogP contribution in [0.5, 0.6) is 0 Å². The second kappa shape index (κ2) is 4.69. The molecule has 0 aliphatic heterocycles. The summed E-state index contributed by atoms with van der Waals surface area (Å²) >= 11 is 5.89. The molecule has 1 aromatic rings. The van der Waals surface area contributed by atoms with Gasteiger partial charge in [-0.2, -0.15) is 0 Å². The van der Waals surface area contributed by atoms with Crippen LogP contribution in [-0.4, -0.2) is 6.54 Å². The summed E-state index contributed by atoms with van der Waals surface area (Å²) in [4.78, 5) is 0. The van der Waals surface area contributed by atoms with Crippen molar-refractivity contribution in [3.05, 3.63) is 29.3 Å². The van der Waals surface area contributed by atoms with Gasteiger partial charge < -0.3 is 5.32 Å².